The van der Waals surface area contributed by atoms with Gasteiger partial charge in [0.15, 0.2) is 5.65 Å². The molecule has 20 heavy (non-hydrogen) atoms. The minimum atomic E-state index is -0.158. The number of aromatic nitrogens is 4. The molecule has 4 nitrogen and oxygen atoms in total. The number of imidazole rings is 1. The standard InChI is InChI=1S/C14H15ClN4S/c1-3-10-7-17-12(20-10)8-19-13(9(2)15)18-11-5-4-6-16-14(11)19/h4-7,9H,3,8H2,1-2H3. The normalized spacial score (nSPS) is 12.9. The summed E-state index contributed by atoms with van der Waals surface area (Å²) in [4.78, 5) is 14.8. The van der Waals surface area contributed by atoms with Crippen molar-refractivity contribution in [1.82, 2.24) is 19.5 Å². The smallest absolute Gasteiger partial charge is 0.160 e. The van der Waals surface area contributed by atoms with Crippen molar-refractivity contribution in [3.8, 4) is 0 Å². The minimum absolute atomic E-state index is 0.158. The average Bonchev–Trinajstić information content (AvgIpc) is 3.04. The van der Waals surface area contributed by atoms with Gasteiger partial charge < -0.3 is 4.57 Å². The average molecular weight is 307 g/mol. The number of rotatable bonds is 4. The molecule has 1 unspecified atom stereocenters. The highest BCUT2D eigenvalue weighted by atomic mass is 35.5. The Hall–Kier alpha value is -1.46. The van der Waals surface area contributed by atoms with Crippen LogP contribution < -0.4 is 0 Å². The lowest BCUT2D eigenvalue weighted by Crippen LogP contribution is -2.06. The third-order valence-corrected chi connectivity index (χ3v) is 4.45. The van der Waals surface area contributed by atoms with Crippen LogP contribution in [0.15, 0.2) is 24.5 Å². The van der Waals surface area contributed by atoms with E-state index >= 15 is 0 Å². The number of nitrogens with zero attached hydrogens (tertiary/aromatic N) is 4. The molecule has 104 valence electrons. The van der Waals surface area contributed by atoms with Crippen molar-refractivity contribution in [2.24, 2.45) is 0 Å². The number of halogens is 1. The Morgan fingerprint density at radius 1 is 1.40 bits per heavy atom. The molecule has 0 aliphatic rings. The Morgan fingerprint density at radius 3 is 2.95 bits per heavy atom. The molecular formula is C14H15ClN4S. The molecule has 0 fully saturated rings. The Kier molecular flexibility index (Phi) is 3.72. The van der Waals surface area contributed by atoms with Crippen LogP contribution in [0.25, 0.3) is 11.2 Å². The van der Waals surface area contributed by atoms with E-state index in [-0.39, 0.29) is 5.38 Å². The second kappa shape index (κ2) is 5.50. The highest BCUT2D eigenvalue weighted by Crippen LogP contribution is 2.25. The summed E-state index contributed by atoms with van der Waals surface area (Å²) in [5.74, 6) is 0.841. The number of fused-ring (bicyclic) bond motifs is 1. The monoisotopic (exact) mass is 306 g/mol. The Labute approximate surface area is 126 Å². The third-order valence-electron chi connectivity index (χ3n) is 3.13. The van der Waals surface area contributed by atoms with Gasteiger partial charge in [0.05, 0.1) is 11.9 Å². The lowest BCUT2D eigenvalue weighted by molar-refractivity contribution is 0.732. The maximum atomic E-state index is 6.25. The topological polar surface area (TPSA) is 43.6 Å². The van der Waals surface area contributed by atoms with Gasteiger partial charge in [-0.3, -0.25) is 0 Å². The molecule has 0 aromatic carbocycles. The second-order valence-electron chi connectivity index (χ2n) is 4.59. The quantitative estimate of drug-likeness (QED) is 0.689. The minimum Gasteiger partial charge on any atom is -0.305 e. The van der Waals surface area contributed by atoms with Crippen LogP contribution in [0.5, 0.6) is 0 Å². The van der Waals surface area contributed by atoms with E-state index in [0.29, 0.717) is 6.54 Å². The van der Waals surface area contributed by atoms with Crippen LogP contribution in [-0.4, -0.2) is 19.5 Å². The SMILES string of the molecule is CCc1cnc(Cn2c(C(C)Cl)nc3cccnc32)s1. The number of aryl methyl sites for hydroxylation is 1. The molecule has 3 aromatic rings. The predicted molar refractivity (Wildman–Crippen MR) is 82.4 cm³/mol. The van der Waals surface area contributed by atoms with Crippen molar-refractivity contribution >= 4 is 34.1 Å². The molecule has 0 N–H and O–H groups in total. The summed E-state index contributed by atoms with van der Waals surface area (Å²) in [5, 5.41) is 0.903. The highest BCUT2D eigenvalue weighted by Gasteiger charge is 2.16. The summed E-state index contributed by atoms with van der Waals surface area (Å²) in [7, 11) is 0. The molecule has 0 aliphatic carbocycles. The van der Waals surface area contributed by atoms with E-state index in [1.165, 1.54) is 4.88 Å². The van der Waals surface area contributed by atoms with E-state index in [4.69, 9.17) is 11.6 Å². The summed E-state index contributed by atoms with van der Waals surface area (Å²) in [6, 6.07) is 3.85. The van der Waals surface area contributed by atoms with Gasteiger partial charge in [-0.15, -0.1) is 22.9 Å². The van der Waals surface area contributed by atoms with E-state index < -0.39 is 0 Å². The number of hydrogen-bond donors (Lipinski definition) is 0. The van der Waals surface area contributed by atoms with Crippen molar-refractivity contribution in [3.63, 3.8) is 0 Å². The van der Waals surface area contributed by atoms with Crippen LogP contribution in [-0.2, 0) is 13.0 Å². The molecule has 0 radical (unpaired) electrons. The van der Waals surface area contributed by atoms with E-state index in [1.807, 2.05) is 25.3 Å². The van der Waals surface area contributed by atoms with Gasteiger partial charge in [-0.1, -0.05) is 6.92 Å². The van der Waals surface area contributed by atoms with Crippen LogP contribution in [0.1, 0.15) is 34.9 Å². The molecule has 3 aromatic heterocycles. The van der Waals surface area contributed by atoms with Gasteiger partial charge in [-0.25, -0.2) is 15.0 Å². The van der Waals surface area contributed by atoms with Crippen LogP contribution in [0.3, 0.4) is 0 Å². The van der Waals surface area contributed by atoms with E-state index in [9.17, 15) is 0 Å². The lowest BCUT2D eigenvalue weighted by atomic mass is 10.4. The maximum Gasteiger partial charge on any atom is 0.160 e. The molecule has 6 heteroatoms. The van der Waals surface area contributed by atoms with Gasteiger partial charge in [0, 0.05) is 17.3 Å². The molecular weight excluding hydrogens is 292 g/mol. The molecule has 0 saturated heterocycles. The number of thiazole rings is 1. The fourth-order valence-corrected chi connectivity index (χ4v) is 3.17. The van der Waals surface area contributed by atoms with Gasteiger partial charge in [0.2, 0.25) is 0 Å². The lowest BCUT2D eigenvalue weighted by Gasteiger charge is -2.07. The highest BCUT2D eigenvalue weighted by molar-refractivity contribution is 7.11. The summed E-state index contributed by atoms with van der Waals surface area (Å²) in [5.41, 5.74) is 1.74. The second-order valence-corrected chi connectivity index (χ2v) is 6.45. The Morgan fingerprint density at radius 2 is 2.25 bits per heavy atom. The summed E-state index contributed by atoms with van der Waals surface area (Å²) >= 11 is 7.98. The number of pyridine rings is 1. The van der Waals surface area contributed by atoms with Gasteiger partial charge in [0.25, 0.3) is 0 Å². The summed E-state index contributed by atoms with van der Waals surface area (Å²) in [6.45, 7) is 4.74. The van der Waals surface area contributed by atoms with Crippen LogP contribution in [0, 0.1) is 0 Å². The van der Waals surface area contributed by atoms with Crippen LogP contribution in [0.2, 0.25) is 0 Å². The van der Waals surface area contributed by atoms with Crippen molar-refractivity contribution in [2.45, 2.75) is 32.2 Å². The molecule has 0 bridgehead atoms. The third kappa shape index (κ3) is 2.43. The van der Waals surface area contributed by atoms with Gasteiger partial charge in [-0.05, 0) is 25.5 Å². The summed E-state index contributed by atoms with van der Waals surface area (Å²) < 4.78 is 2.06. The first-order valence-electron chi connectivity index (χ1n) is 6.57. The first-order chi connectivity index (χ1) is 9.69. The maximum absolute atomic E-state index is 6.25. The largest absolute Gasteiger partial charge is 0.305 e. The first-order valence-corrected chi connectivity index (χ1v) is 7.83. The summed E-state index contributed by atoms with van der Waals surface area (Å²) in [6.07, 6.45) is 4.73. The van der Waals surface area contributed by atoms with Crippen LogP contribution >= 0.6 is 22.9 Å². The van der Waals surface area contributed by atoms with Gasteiger partial charge in [-0.2, -0.15) is 0 Å². The zero-order valence-electron chi connectivity index (χ0n) is 11.4. The Bertz CT molecular complexity index is 732. The number of alkyl halides is 1. The molecule has 0 aliphatic heterocycles. The van der Waals surface area contributed by atoms with Crippen molar-refractivity contribution in [2.75, 3.05) is 0 Å². The first kappa shape index (κ1) is 13.5. The van der Waals surface area contributed by atoms with Crippen molar-refractivity contribution in [3.05, 3.63) is 40.2 Å². The molecule has 3 heterocycles. The molecule has 1 atom stereocenters. The Balaban J connectivity index is 2.06. The fraction of sp³-hybridized carbons (Fsp3) is 0.357. The van der Waals surface area contributed by atoms with Gasteiger partial charge in [0.1, 0.15) is 16.3 Å². The molecule has 0 saturated carbocycles. The van der Waals surface area contributed by atoms with Gasteiger partial charge >= 0.3 is 0 Å². The molecule has 0 amide bonds. The molecule has 0 spiro atoms. The zero-order valence-corrected chi connectivity index (χ0v) is 12.9. The molecule has 3 rings (SSSR count). The van der Waals surface area contributed by atoms with E-state index in [0.717, 1.165) is 28.4 Å². The zero-order chi connectivity index (χ0) is 14.1. The fourth-order valence-electron chi connectivity index (χ4n) is 2.16. The van der Waals surface area contributed by atoms with E-state index in [1.54, 1.807) is 17.5 Å². The predicted octanol–water partition coefficient (Wildman–Crippen LogP) is 3.80. The van der Waals surface area contributed by atoms with E-state index in [2.05, 4.69) is 26.4 Å². The van der Waals surface area contributed by atoms with Crippen molar-refractivity contribution in [1.29, 1.82) is 0 Å². The number of hydrogen-bond acceptors (Lipinski definition) is 4. The van der Waals surface area contributed by atoms with Crippen LogP contribution in [0.4, 0.5) is 0 Å². The van der Waals surface area contributed by atoms with Crippen molar-refractivity contribution < 1.29 is 0 Å².